The van der Waals surface area contributed by atoms with Crippen LogP contribution in [-0.2, 0) is 4.79 Å². The van der Waals surface area contributed by atoms with Gasteiger partial charge in [0.25, 0.3) is 0 Å². The summed E-state index contributed by atoms with van der Waals surface area (Å²) in [6, 6.07) is 0.289. The molecule has 17 heavy (non-hydrogen) atoms. The van der Waals surface area contributed by atoms with Crippen molar-refractivity contribution in [2.45, 2.75) is 57.0 Å². The summed E-state index contributed by atoms with van der Waals surface area (Å²) >= 11 is 1.82. The molecule has 0 aliphatic heterocycles. The van der Waals surface area contributed by atoms with E-state index in [0.717, 1.165) is 37.9 Å². The van der Waals surface area contributed by atoms with Crippen molar-refractivity contribution in [1.82, 2.24) is 4.90 Å². The van der Waals surface area contributed by atoms with E-state index in [2.05, 4.69) is 13.2 Å². The summed E-state index contributed by atoms with van der Waals surface area (Å²) in [7, 11) is 1.90. The van der Waals surface area contributed by atoms with Gasteiger partial charge >= 0.3 is 0 Å². The molecule has 2 N–H and O–H groups in total. The van der Waals surface area contributed by atoms with Crippen LogP contribution in [0, 0.1) is 0 Å². The highest BCUT2D eigenvalue weighted by atomic mass is 32.2. The summed E-state index contributed by atoms with van der Waals surface area (Å²) in [6.07, 6.45) is 8.25. The molecule has 1 aliphatic rings. The molecule has 3 nitrogen and oxygen atoms in total. The largest absolute Gasteiger partial charge is 0.341 e. The Morgan fingerprint density at radius 1 is 1.41 bits per heavy atom. The maximum Gasteiger partial charge on any atom is 0.242 e. The Morgan fingerprint density at radius 3 is 2.53 bits per heavy atom. The summed E-state index contributed by atoms with van der Waals surface area (Å²) in [4.78, 5) is 14.3. The molecule has 100 valence electrons. The molecule has 0 aromatic rings. The van der Waals surface area contributed by atoms with E-state index in [1.807, 2.05) is 23.7 Å². The molecule has 0 saturated heterocycles. The topological polar surface area (TPSA) is 46.3 Å². The van der Waals surface area contributed by atoms with Gasteiger partial charge in [-0.05, 0) is 38.2 Å². The third-order valence-corrected chi connectivity index (χ3v) is 4.54. The molecule has 0 radical (unpaired) electrons. The lowest BCUT2D eigenvalue weighted by molar-refractivity contribution is -0.138. The standard InChI is InChI=1S/C13H26N2OS/c1-11(7-10-17-3)15(2)12(16)13(14)8-5-4-6-9-13/h11H,4-10,14H2,1-3H3. The van der Waals surface area contributed by atoms with Gasteiger partial charge in [0.2, 0.25) is 5.91 Å². The van der Waals surface area contributed by atoms with Gasteiger partial charge in [-0.1, -0.05) is 19.3 Å². The fourth-order valence-electron chi connectivity index (χ4n) is 2.43. The average molecular weight is 258 g/mol. The van der Waals surface area contributed by atoms with Gasteiger partial charge in [0.15, 0.2) is 0 Å². The number of nitrogens with two attached hydrogens (primary N) is 1. The number of nitrogens with zero attached hydrogens (tertiary/aromatic N) is 1. The quantitative estimate of drug-likeness (QED) is 0.822. The molecule has 1 unspecified atom stereocenters. The smallest absolute Gasteiger partial charge is 0.242 e. The monoisotopic (exact) mass is 258 g/mol. The molecule has 1 saturated carbocycles. The summed E-state index contributed by atoms with van der Waals surface area (Å²) < 4.78 is 0. The Morgan fingerprint density at radius 2 is 2.00 bits per heavy atom. The van der Waals surface area contributed by atoms with Gasteiger partial charge < -0.3 is 10.6 Å². The first kappa shape index (κ1) is 14.8. The van der Waals surface area contributed by atoms with Crippen molar-refractivity contribution in [2.24, 2.45) is 5.73 Å². The second kappa shape index (κ2) is 6.64. The lowest BCUT2D eigenvalue weighted by Crippen LogP contribution is -2.57. The van der Waals surface area contributed by atoms with Crippen molar-refractivity contribution >= 4 is 17.7 Å². The summed E-state index contributed by atoms with van der Waals surface area (Å²) in [5.41, 5.74) is 5.69. The van der Waals surface area contributed by atoms with E-state index < -0.39 is 5.54 Å². The van der Waals surface area contributed by atoms with Crippen LogP contribution in [0.25, 0.3) is 0 Å². The summed E-state index contributed by atoms with van der Waals surface area (Å²) in [5, 5.41) is 0. The van der Waals surface area contributed by atoms with Crippen LogP contribution in [0.3, 0.4) is 0 Å². The van der Waals surface area contributed by atoms with Gasteiger partial charge in [-0.2, -0.15) is 11.8 Å². The zero-order chi connectivity index (χ0) is 12.9. The minimum atomic E-state index is -0.583. The third kappa shape index (κ3) is 3.88. The van der Waals surface area contributed by atoms with Gasteiger partial charge in [-0.25, -0.2) is 0 Å². The van der Waals surface area contributed by atoms with Crippen molar-refractivity contribution < 1.29 is 4.79 Å². The van der Waals surface area contributed by atoms with E-state index in [-0.39, 0.29) is 11.9 Å². The molecule has 1 amide bonds. The van der Waals surface area contributed by atoms with Crippen molar-refractivity contribution in [3.8, 4) is 0 Å². The predicted molar refractivity (Wildman–Crippen MR) is 75.2 cm³/mol. The normalized spacial score (nSPS) is 20.9. The van der Waals surface area contributed by atoms with E-state index in [1.165, 1.54) is 6.42 Å². The second-order valence-electron chi connectivity index (χ2n) is 5.26. The Bertz CT molecular complexity index is 252. The van der Waals surface area contributed by atoms with Crippen LogP contribution in [0.1, 0.15) is 45.4 Å². The molecule has 1 atom stereocenters. The third-order valence-electron chi connectivity index (χ3n) is 3.89. The minimum absolute atomic E-state index is 0.144. The molecule has 1 fully saturated rings. The fraction of sp³-hybridized carbons (Fsp3) is 0.923. The number of hydrogen-bond acceptors (Lipinski definition) is 3. The lowest BCUT2D eigenvalue weighted by Gasteiger charge is -2.37. The highest BCUT2D eigenvalue weighted by Crippen LogP contribution is 2.28. The SMILES string of the molecule is CSCCC(C)N(C)C(=O)C1(N)CCCCC1. The van der Waals surface area contributed by atoms with Gasteiger partial charge in [-0.15, -0.1) is 0 Å². The number of hydrogen-bond donors (Lipinski definition) is 1. The molecule has 0 spiro atoms. The Kier molecular flexibility index (Phi) is 5.80. The fourth-order valence-corrected chi connectivity index (χ4v) is 3.01. The number of carbonyl (C=O) groups is 1. The van der Waals surface area contributed by atoms with Crippen LogP contribution in [0.4, 0.5) is 0 Å². The molecule has 0 aromatic heterocycles. The molecule has 1 aliphatic carbocycles. The number of carbonyl (C=O) groups excluding carboxylic acids is 1. The first-order valence-corrected chi connectivity index (χ1v) is 7.96. The highest BCUT2D eigenvalue weighted by molar-refractivity contribution is 7.98. The molecule has 4 heteroatoms. The zero-order valence-corrected chi connectivity index (χ0v) is 12.2. The summed E-state index contributed by atoms with van der Waals surface area (Å²) in [6.45, 7) is 2.11. The van der Waals surface area contributed by atoms with Gasteiger partial charge in [0.1, 0.15) is 0 Å². The van der Waals surface area contributed by atoms with Crippen LogP contribution in [0.2, 0.25) is 0 Å². The molecular formula is C13H26N2OS. The minimum Gasteiger partial charge on any atom is -0.341 e. The molecule has 0 aromatic carbocycles. The van der Waals surface area contributed by atoms with Crippen LogP contribution in [0.15, 0.2) is 0 Å². The van der Waals surface area contributed by atoms with E-state index in [0.29, 0.717) is 0 Å². The molecule has 0 heterocycles. The molecule has 0 bridgehead atoms. The first-order valence-electron chi connectivity index (χ1n) is 6.56. The van der Waals surface area contributed by atoms with Gasteiger partial charge in [-0.3, -0.25) is 4.79 Å². The van der Waals surface area contributed by atoms with Crippen molar-refractivity contribution in [3.63, 3.8) is 0 Å². The molecular weight excluding hydrogens is 232 g/mol. The first-order chi connectivity index (χ1) is 8.01. The zero-order valence-electron chi connectivity index (χ0n) is 11.4. The molecule has 1 rings (SSSR count). The summed E-state index contributed by atoms with van der Waals surface area (Å²) in [5.74, 6) is 1.24. The van der Waals surface area contributed by atoms with Gasteiger partial charge in [0, 0.05) is 13.1 Å². The van der Waals surface area contributed by atoms with Crippen LogP contribution >= 0.6 is 11.8 Å². The van der Waals surface area contributed by atoms with Crippen molar-refractivity contribution in [3.05, 3.63) is 0 Å². The van der Waals surface area contributed by atoms with Crippen molar-refractivity contribution in [1.29, 1.82) is 0 Å². The Hall–Kier alpha value is -0.220. The lowest BCUT2D eigenvalue weighted by atomic mass is 9.81. The Balaban J connectivity index is 2.55. The predicted octanol–water partition coefficient (Wildman–Crippen LogP) is 2.25. The van der Waals surface area contributed by atoms with E-state index >= 15 is 0 Å². The van der Waals surface area contributed by atoms with Crippen LogP contribution < -0.4 is 5.73 Å². The number of likely N-dealkylation sites (N-methyl/N-ethyl adjacent to an activating group) is 1. The average Bonchev–Trinajstić information content (AvgIpc) is 2.35. The second-order valence-corrected chi connectivity index (χ2v) is 6.25. The highest BCUT2D eigenvalue weighted by Gasteiger charge is 2.38. The van der Waals surface area contributed by atoms with E-state index in [9.17, 15) is 4.79 Å². The van der Waals surface area contributed by atoms with Crippen molar-refractivity contribution in [2.75, 3.05) is 19.1 Å². The number of thioether (sulfide) groups is 1. The van der Waals surface area contributed by atoms with Gasteiger partial charge in [0.05, 0.1) is 5.54 Å². The van der Waals surface area contributed by atoms with E-state index in [4.69, 9.17) is 5.73 Å². The maximum atomic E-state index is 12.4. The van der Waals surface area contributed by atoms with Crippen LogP contribution in [0.5, 0.6) is 0 Å². The number of amides is 1. The number of rotatable bonds is 5. The van der Waals surface area contributed by atoms with E-state index in [1.54, 1.807) is 0 Å². The Labute approximate surface area is 109 Å². The maximum absolute atomic E-state index is 12.4. The van der Waals surface area contributed by atoms with Crippen LogP contribution in [-0.4, -0.2) is 41.4 Å².